The summed E-state index contributed by atoms with van der Waals surface area (Å²) in [6.07, 6.45) is 3.72. The maximum absolute atomic E-state index is 10.7. The van der Waals surface area contributed by atoms with Gasteiger partial charge in [0.2, 0.25) is 0 Å². The molecule has 1 aliphatic carbocycles. The second-order valence-corrected chi connectivity index (χ2v) is 4.68. The summed E-state index contributed by atoms with van der Waals surface area (Å²) in [7, 11) is 0. The van der Waals surface area contributed by atoms with Gasteiger partial charge in [0.15, 0.2) is 0 Å². The largest absolute Gasteiger partial charge is 0.490 e. The fourth-order valence-electron chi connectivity index (χ4n) is 2.27. The predicted octanol–water partition coefficient (Wildman–Crippen LogP) is 2.97. The Balaban J connectivity index is 2.25. The van der Waals surface area contributed by atoms with Crippen molar-refractivity contribution in [1.29, 1.82) is 0 Å². The first-order valence-electron chi connectivity index (χ1n) is 6.21. The molecule has 1 N–H and O–H groups in total. The van der Waals surface area contributed by atoms with Crippen LogP contribution >= 0.6 is 0 Å². The van der Waals surface area contributed by atoms with Crippen LogP contribution in [0.5, 0.6) is 5.75 Å². The average molecular weight is 251 g/mol. The van der Waals surface area contributed by atoms with E-state index in [9.17, 15) is 15.2 Å². The Morgan fingerprint density at radius 3 is 2.67 bits per heavy atom. The van der Waals surface area contributed by atoms with Crippen LogP contribution in [-0.4, -0.2) is 16.1 Å². The number of nitro benzene ring substituents is 1. The molecule has 1 unspecified atom stereocenters. The fourth-order valence-corrected chi connectivity index (χ4v) is 2.27. The molecular weight excluding hydrogens is 234 g/mol. The topological polar surface area (TPSA) is 72.6 Å². The van der Waals surface area contributed by atoms with Gasteiger partial charge in [-0.3, -0.25) is 10.1 Å². The van der Waals surface area contributed by atoms with Gasteiger partial charge in [-0.05, 0) is 38.7 Å². The Hall–Kier alpha value is -1.62. The van der Waals surface area contributed by atoms with Crippen molar-refractivity contribution in [3.05, 3.63) is 33.9 Å². The van der Waals surface area contributed by atoms with Crippen LogP contribution < -0.4 is 4.74 Å². The molecule has 0 amide bonds. The molecule has 1 fully saturated rings. The molecule has 0 aromatic heterocycles. The zero-order valence-electron chi connectivity index (χ0n) is 10.3. The van der Waals surface area contributed by atoms with Gasteiger partial charge < -0.3 is 9.84 Å². The highest BCUT2D eigenvalue weighted by molar-refractivity contribution is 5.44. The summed E-state index contributed by atoms with van der Waals surface area (Å²) < 4.78 is 5.82. The van der Waals surface area contributed by atoms with Crippen LogP contribution in [0.4, 0.5) is 5.69 Å². The van der Waals surface area contributed by atoms with E-state index in [1.54, 1.807) is 13.0 Å². The van der Waals surface area contributed by atoms with Crippen LogP contribution in [0.1, 0.15) is 44.3 Å². The zero-order chi connectivity index (χ0) is 13.1. The number of aliphatic hydroxyl groups excluding tert-OH is 1. The molecule has 1 saturated carbocycles. The van der Waals surface area contributed by atoms with Crippen LogP contribution in [0, 0.1) is 10.1 Å². The molecule has 0 aliphatic heterocycles. The minimum Gasteiger partial charge on any atom is -0.490 e. The second-order valence-electron chi connectivity index (χ2n) is 4.68. The molecule has 1 aromatic rings. The first-order chi connectivity index (χ1) is 8.58. The van der Waals surface area contributed by atoms with E-state index in [4.69, 9.17) is 4.74 Å². The van der Waals surface area contributed by atoms with E-state index in [0.29, 0.717) is 11.3 Å². The lowest BCUT2D eigenvalue weighted by Gasteiger charge is -2.17. The van der Waals surface area contributed by atoms with Crippen molar-refractivity contribution in [2.24, 2.45) is 0 Å². The summed E-state index contributed by atoms with van der Waals surface area (Å²) >= 11 is 0. The summed E-state index contributed by atoms with van der Waals surface area (Å²) in [5, 5.41) is 20.4. The molecular formula is C13H17NO4. The van der Waals surface area contributed by atoms with Crippen LogP contribution in [0.15, 0.2) is 18.2 Å². The summed E-state index contributed by atoms with van der Waals surface area (Å²) in [4.78, 5) is 10.2. The Bertz CT molecular complexity index is 439. The second kappa shape index (κ2) is 5.35. The summed E-state index contributed by atoms with van der Waals surface area (Å²) in [6.45, 7) is 1.58. The Morgan fingerprint density at radius 2 is 2.11 bits per heavy atom. The summed E-state index contributed by atoms with van der Waals surface area (Å²) in [6, 6.07) is 4.38. The minimum absolute atomic E-state index is 0.0235. The van der Waals surface area contributed by atoms with Gasteiger partial charge >= 0.3 is 0 Å². The molecule has 0 radical (unpaired) electrons. The number of nitrogens with zero attached hydrogens (tertiary/aromatic N) is 1. The number of hydrogen-bond donors (Lipinski definition) is 1. The standard InChI is InChI=1S/C13H17NO4/c1-9(15)12-8-10(14(16)17)6-7-13(12)18-11-4-2-3-5-11/h6-9,11,15H,2-5H2,1H3. The first kappa shape index (κ1) is 12.8. The number of nitro groups is 1. The van der Waals surface area contributed by atoms with Gasteiger partial charge in [0.25, 0.3) is 5.69 Å². The third-order valence-corrected chi connectivity index (χ3v) is 3.25. The molecule has 18 heavy (non-hydrogen) atoms. The smallest absolute Gasteiger partial charge is 0.270 e. The third-order valence-electron chi connectivity index (χ3n) is 3.25. The van der Waals surface area contributed by atoms with Crippen molar-refractivity contribution in [3.63, 3.8) is 0 Å². The van der Waals surface area contributed by atoms with E-state index in [1.807, 2.05) is 0 Å². The third kappa shape index (κ3) is 2.79. The van der Waals surface area contributed by atoms with Gasteiger partial charge in [-0.1, -0.05) is 0 Å². The summed E-state index contributed by atoms with van der Waals surface area (Å²) in [5.41, 5.74) is 0.459. The van der Waals surface area contributed by atoms with E-state index in [0.717, 1.165) is 25.7 Å². The fraction of sp³-hybridized carbons (Fsp3) is 0.538. The van der Waals surface area contributed by atoms with E-state index in [1.165, 1.54) is 12.1 Å². The number of non-ortho nitro benzene ring substituents is 1. The molecule has 2 rings (SSSR count). The highest BCUT2D eigenvalue weighted by atomic mass is 16.6. The molecule has 1 atom stereocenters. The monoisotopic (exact) mass is 251 g/mol. The van der Waals surface area contributed by atoms with Gasteiger partial charge in [-0.15, -0.1) is 0 Å². The molecule has 98 valence electrons. The van der Waals surface area contributed by atoms with E-state index in [2.05, 4.69) is 0 Å². The first-order valence-corrected chi connectivity index (χ1v) is 6.21. The zero-order valence-corrected chi connectivity index (χ0v) is 10.3. The lowest BCUT2D eigenvalue weighted by atomic mass is 10.1. The molecule has 0 heterocycles. The number of rotatable bonds is 4. The van der Waals surface area contributed by atoms with Crippen molar-refractivity contribution in [2.75, 3.05) is 0 Å². The number of ether oxygens (including phenoxy) is 1. The van der Waals surface area contributed by atoms with Gasteiger partial charge in [0, 0.05) is 17.7 Å². The maximum atomic E-state index is 10.7. The SMILES string of the molecule is CC(O)c1cc([N+](=O)[O-])ccc1OC1CCCC1. The molecule has 5 heteroatoms. The maximum Gasteiger partial charge on any atom is 0.270 e. The highest BCUT2D eigenvalue weighted by Gasteiger charge is 2.21. The number of hydrogen-bond acceptors (Lipinski definition) is 4. The van der Waals surface area contributed by atoms with Gasteiger partial charge in [-0.2, -0.15) is 0 Å². The lowest BCUT2D eigenvalue weighted by molar-refractivity contribution is -0.385. The van der Waals surface area contributed by atoms with Crippen molar-refractivity contribution in [1.82, 2.24) is 0 Å². The molecule has 5 nitrogen and oxygen atoms in total. The van der Waals surface area contributed by atoms with Gasteiger partial charge in [-0.25, -0.2) is 0 Å². The lowest BCUT2D eigenvalue weighted by Crippen LogP contribution is -2.13. The summed E-state index contributed by atoms with van der Waals surface area (Å²) in [5.74, 6) is 0.558. The predicted molar refractivity (Wildman–Crippen MR) is 66.6 cm³/mol. The molecule has 0 bridgehead atoms. The van der Waals surface area contributed by atoms with Crippen LogP contribution in [0.25, 0.3) is 0 Å². The molecule has 0 saturated heterocycles. The molecule has 1 aromatic carbocycles. The Morgan fingerprint density at radius 1 is 1.44 bits per heavy atom. The van der Waals surface area contributed by atoms with E-state index < -0.39 is 11.0 Å². The van der Waals surface area contributed by atoms with Crippen LogP contribution in [0.3, 0.4) is 0 Å². The Kier molecular flexibility index (Phi) is 3.81. The Labute approximate surface area is 106 Å². The van der Waals surface area contributed by atoms with E-state index in [-0.39, 0.29) is 11.8 Å². The average Bonchev–Trinajstić information content (AvgIpc) is 2.81. The highest BCUT2D eigenvalue weighted by Crippen LogP contribution is 2.32. The van der Waals surface area contributed by atoms with Gasteiger partial charge in [0.1, 0.15) is 5.75 Å². The van der Waals surface area contributed by atoms with Crippen molar-refractivity contribution in [3.8, 4) is 5.75 Å². The quantitative estimate of drug-likeness (QED) is 0.659. The number of benzene rings is 1. The van der Waals surface area contributed by atoms with Crippen LogP contribution in [-0.2, 0) is 0 Å². The van der Waals surface area contributed by atoms with Crippen molar-refractivity contribution < 1.29 is 14.8 Å². The van der Waals surface area contributed by atoms with Crippen LogP contribution in [0.2, 0.25) is 0 Å². The molecule has 1 aliphatic rings. The number of aliphatic hydroxyl groups is 1. The normalized spacial score (nSPS) is 17.7. The van der Waals surface area contributed by atoms with E-state index >= 15 is 0 Å². The van der Waals surface area contributed by atoms with Crippen molar-refractivity contribution in [2.45, 2.75) is 44.8 Å². The van der Waals surface area contributed by atoms with Gasteiger partial charge in [0.05, 0.1) is 17.1 Å². The minimum atomic E-state index is -0.777. The van der Waals surface area contributed by atoms with Crippen molar-refractivity contribution >= 4 is 5.69 Å². The molecule has 0 spiro atoms.